The van der Waals surface area contributed by atoms with E-state index >= 15 is 0 Å². The van der Waals surface area contributed by atoms with E-state index in [1.807, 2.05) is 0 Å². The second-order valence-corrected chi connectivity index (χ2v) is 4.23. The molecule has 0 aliphatic carbocycles. The molecule has 5 heteroatoms. The Balaban J connectivity index is 1.67. The van der Waals surface area contributed by atoms with Crippen LogP contribution in [0.5, 0.6) is 0 Å². The van der Waals surface area contributed by atoms with Gasteiger partial charge in [0.1, 0.15) is 0 Å². The van der Waals surface area contributed by atoms with Gasteiger partial charge >= 0.3 is 0 Å². The molecule has 2 saturated heterocycles. The van der Waals surface area contributed by atoms with Gasteiger partial charge in [0.2, 0.25) is 5.82 Å². The van der Waals surface area contributed by atoms with Gasteiger partial charge < -0.3 is 9.64 Å². The van der Waals surface area contributed by atoms with Gasteiger partial charge in [-0.15, -0.1) is 0 Å². The highest BCUT2D eigenvalue weighted by Gasteiger charge is 2.51. The molecular weight excluding hydrogens is 194 g/mol. The first-order valence-electron chi connectivity index (χ1n) is 4.93. The zero-order chi connectivity index (χ0) is 10.3. The van der Waals surface area contributed by atoms with E-state index in [0.29, 0.717) is 0 Å². The molecule has 78 valence electrons. The van der Waals surface area contributed by atoms with Crippen molar-refractivity contribution in [1.29, 1.82) is 0 Å². The SMILES string of the molecule is O=C(c1ncccn1)N1CC2(COC2)C1. The summed E-state index contributed by atoms with van der Waals surface area (Å²) in [6.07, 6.45) is 3.17. The topological polar surface area (TPSA) is 55.3 Å². The first-order chi connectivity index (χ1) is 7.29. The number of ether oxygens (including phenoxy) is 1. The van der Waals surface area contributed by atoms with Crippen molar-refractivity contribution in [2.45, 2.75) is 0 Å². The summed E-state index contributed by atoms with van der Waals surface area (Å²) in [5.74, 6) is 0.209. The Kier molecular flexibility index (Phi) is 1.76. The van der Waals surface area contributed by atoms with Crippen LogP contribution in [0.1, 0.15) is 10.6 Å². The van der Waals surface area contributed by atoms with E-state index in [1.54, 1.807) is 23.4 Å². The van der Waals surface area contributed by atoms with Crippen molar-refractivity contribution in [3.63, 3.8) is 0 Å². The maximum atomic E-state index is 11.8. The summed E-state index contributed by atoms with van der Waals surface area (Å²) < 4.78 is 5.14. The molecule has 0 aromatic carbocycles. The van der Waals surface area contributed by atoms with Crippen LogP contribution in [0.3, 0.4) is 0 Å². The van der Waals surface area contributed by atoms with Crippen LogP contribution >= 0.6 is 0 Å². The van der Waals surface area contributed by atoms with Crippen LogP contribution in [0.2, 0.25) is 0 Å². The van der Waals surface area contributed by atoms with Gasteiger partial charge in [0.05, 0.1) is 18.6 Å². The van der Waals surface area contributed by atoms with Crippen LogP contribution in [0, 0.1) is 5.41 Å². The van der Waals surface area contributed by atoms with Gasteiger partial charge in [-0.1, -0.05) is 0 Å². The number of carbonyl (C=O) groups excluding carboxylic acids is 1. The molecule has 2 aliphatic rings. The van der Waals surface area contributed by atoms with Crippen molar-refractivity contribution in [1.82, 2.24) is 14.9 Å². The zero-order valence-corrected chi connectivity index (χ0v) is 8.22. The van der Waals surface area contributed by atoms with Crippen LogP contribution in [-0.4, -0.2) is 47.1 Å². The zero-order valence-electron chi connectivity index (χ0n) is 8.22. The molecule has 2 fully saturated rings. The second kappa shape index (κ2) is 3.00. The van der Waals surface area contributed by atoms with E-state index in [2.05, 4.69) is 9.97 Å². The lowest BCUT2D eigenvalue weighted by molar-refractivity contribution is -0.176. The maximum absolute atomic E-state index is 11.8. The number of amides is 1. The van der Waals surface area contributed by atoms with Crippen molar-refractivity contribution in [3.05, 3.63) is 24.3 Å². The molecule has 3 rings (SSSR count). The average Bonchev–Trinajstić information content (AvgIpc) is 2.14. The summed E-state index contributed by atoms with van der Waals surface area (Å²) in [5.41, 5.74) is 0.254. The molecule has 3 heterocycles. The van der Waals surface area contributed by atoms with E-state index in [1.165, 1.54) is 0 Å². The predicted octanol–water partition coefficient (Wildman–Crippen LogP) is -0.0510. The smallest absolute Gasteiger partial charge is 0.291 e. The molecule has 1 amide bonds. The quantitative estimate of drug-likeness (QED) is 0.645. The van der Waals surface area contributed by atoms with Crippen molar-refractivity contribution >= 4 is 5.91 Å². The van der Waals surface area contributed by atoms with Gasteiger partial charge in [-0.3, -0.25) is 4.79 Å². The first kappa shape index (κ1) is 8.79. The Morgan fingerprint density at radius 1 is 1.33 bits per heavy atom. The van der Waals surface area contributed by atoms with Gasteiger partial charge in [-0.2, -0.15) is 0 Å². The van der Waals surface area contributed by atoms with Crippen molar-refractivity contribution in [2.24, 2.45) is 5.41 Å². The van der Waals surface area contributed by atoms with Crippen LogP contribution in [0.4, 0.5) is 0 Å². The Labute approximate surface area is 87.1 Å². The number of aromatic nitrogens is 2. The Morgan fingerprint density at radius 2 is 2.00 bits per heavy atom. The number of nitrogens with zero attached hydrogens (tertiary/aromatic N) is 3. The van der Waals surface area contributed by atoms with Crippen LogP contribution in [0.15, 0.2) is 18.5 Å². The number of hydrogen-bond donors (Lipinski definition) is 0. The highest BCUT2D eigenvalue weighted by atomic mass is 16.5. The molecule has 1 aromatic heterocycles. The molecule has 0 radical (unpaired) electrons. The Hall–Kier alpha value is -1.49. The summed E-state index contributed by atoms with van der Waals surface area (Å²) in [5, 5.41) is 0. The second-order valence-electron chi connectivity index (χ2n) is 4.23. The van der Waals surface area contributed by atoms with Crippen molar-refractivity contribution in [3.8, 4) is 0 Å². The lowest BCUT2D eigenvalue weighted by Crippen LogP contribution is -2.67. The first-order valence-corrected chi connectivity index (χ1v) is 4.93. The normalized spacial score (nSPS) is 22.0. The summed E-state index contributed by atoms with van der Waals surface area (Å²) in [7, 11) is 0. The third kappa shape index (κ3) is 1.31. The fraction of sp³-hybridized carbons (Fsp3) is 0.500. The van der Waals surface area contributed by atoms with E-state index < -0.39 is 0 Å². The molecule has 0 unspecified atom stereocenters. The summed E-state index contributed by atoms with van der Waals surface area (Å²) in [6.45, 7) is 3.13. The molecular formula is C10H11N3O2. The average molecular weight is 205 g/mol. The Morgan fingerprint density at radius 3 is 2.53 bits per heavy atom. The monoisotopic (exact) mass is 205 g/mol. The van der Waals surface area contributed by atoms with Crippen molar-refractivity contribution in [2.75, 3.05) is 26.3 Å². The van der Waals surface area contributed by atoms with Gasteiger partial charge in [-0.05, 0) is 6.07 Å². The van der Waals surface area contributed by atoms with Gasteiger partial charge in [0.15, 0.2) is 0 Å². The Bertz CT molecular complexity index is 381. The fourth-order valence-corrected chi connectivity index (χ4v) is 2.03. The van der Waals surface area contributed by atoms with Crippen LogP contribution < -0.4 is 0 Å². The highest BCUT2D eigenvalue weighted by Crippen LogP contribution is 2.37. The molecule has 15 heavy (non-hydrogen) atoms. The van der Waals surface area contributed by atoms with E-state index in [4.69, 9.17) is 4.74 Å². The third-order valence-corrected chi connectivity index (χ3v) is 2.91. The summed E-state index contributed by atoms with van der Waals surface area (Å²) in [6, 6.07) is 1.70. The molecule has 0 atom stereocenters. The van der Waals surface area contributed by atoms with Gasteiger partial charge in [-0.25, -0.2) is 9.97 Å². The van der Waals surface area contributed by atoms with Gasteiger partial charge in [0, 0.05) is 25.5 Å². The number of hydrogen-bond acceptors (Lipinski definition) is 4. The molecule has 1 spiro atoms. The highest BCUT2D eigenvalue weighted by molar-refractivity contribution is 5.91. The molecule has 5 nitrogen and oxygen atoms in total. The van der Waals surface area contributed by atoms with Crippen LogP contribution in [-0.2, 0) is 4.74 Å². The molecule has 0 N–H and O–H groups in total. The third-order valence-electron chi connectivity index (χ3n) is 2.91. The lowest BCUT2D eigenvalue weighted by Gasteiger charge is -2.54. The molecule has 0 bridgehead atoms. The minimum atomic E-state index is -0.0758. The van der Waals surface area contributed by atoms with E-state index in [0.717, 1.165) is 26.3 Å². The number of likely N-dealkylation sites (tertiary alicyclic amines) is 1. The molecule has 1 aromatic rings. The van der Waals surface area contributed by atoms with Crippen molar-refractivity contribution < 1.29 is 9.53 Å². The molecule has 2 aliphatic heterocycles. The minimum absolute atomic E-state index is 0.0758. The van der Waals surface area contributed by atoms with E-state index in [-0.39, 0.29) is 17.1 Å². The molecule has 0 saturated carbocycles. The lowest BCUT2D eigenvalue weighted by atomic mass is 9.78. The van der Waals surface area contributed by atoms with Gasteiger partial charge in [0.25, 0.3) is 5.91 Å². The maximum Gasteiger partial charge on any atom is 0.291 e. The standard InChI is InChI=1S/C10H11N3O2/c14-9(8-11-2-1-3-12-8)13-4-10(5-13)6-15-7-10/h1-3H,4-7H2. The summed E-state index contributed by atoms with van der Waals surface area (Å²) >= 11 is 0. The predicted molar refractivity (Wildman–Crippen MR) is 51.2 cm³/mol. The number of rotatable bonds is 1. The number of carbonyl (C=O) groups is 1. The van der Waals surface area contributed by atoms with E-state index in [9.17, 15) is 4.79 Å². The van der Waals surface area contributed by atoms with Crippen LogP contribution in [0.25, 0.3) is 0 Å². The largest absolute Gasteiger partial charge is 0.380 e. The minimum Gasteiger partial charge on any atom is -0.380 e. The fourth-order valence-electron chi connectivity index (χ4n) is 2.03. The summed E-state index contributed by atoms with van der Waals surface area (Å²) in [4.78, 5) is 21.5.